The van der Waals surface area contributed by atoms with Crippen LogP contribution in [0.5, 0.6) is 0 Å². The number of benzene rings is 3. The summed E-state index contributed by atoms with van der Waals surface area (Å²) in [6.45, 7) is 3.09. The Kier molecular flexibility index (Phi) is 5.61. The van der Waals surface area contributed by atoms with E-state index in [-0.39, 0.29) is 17.1 Å². The van der Waals surface area contributed by atoms with Gasteiger partial charge >= 0.3 is 6.18 Å². The van der Waals surface area contributed by atoms with Crippen molar-refractivity contribution in [1.82, 2.24) is 9.55 Å². The molecule has 0 saturated carbocycles. The predicted octanol–water partition coefficient (Wildman–Crippen LogP) is 7.11. The number of imidazole rings is 1. The molecule has 4 rings (SSSR count). The van der Waals surface area contributed by atoms with Gasteiger partial charge in [-0.25, -0.2) is 4.98 Å². The van der Waals surface area contributed by atoms with E-state index >= 15 is 0 Å². The van der Waals surface area contributed by atoms with Crippen molar-refractivity contribution in [2.75, 3.05) is 0 Å². The zero-order chi connectivity index (χ0) is 23.1. The smallest absolute Gasteiger partial charge is 0.384 e. The Morgan fingerprint density at radius 1 is 0.875 bits per heavy atom. The van der Waals surface area contributed by atoms with E-state index in [1.54, 1.807) is 42.8 Å². The molecule has 0 bridgehead atoms. The SMILES string of the molecule is CC(C)(O)c1cn(-c2ccc(-c3cccc(Cl)c3)cc2)c(-c2ccccc2C(F)(F)F)n1. The zero-order valence-electron chi connectivity index (χ0n) is 17.4. The van der Waals surface area contributed by atoms with E-state index in [4.69, 9.17) is 11.6 Å². The molecule has 0 radical (unpaired) electrons. The second-order valence-electron chi connectivity index (χ2n) is 7.98. The molecular weight excluding hydrogens is 437 g/mol. The van der Waals surface area contributed by atoms with E-state index in [0.717, 1.165) is 17.2 Å². The molecular formula is C25H20ClF3N2O. The molecule has 3 nitrogen and oxygen atoms in total. The Hall–Kier alpha value is -3.09. The molecule has 0 spiro atoms. The van der Waals surface area contributed by atoms with E-state index < -0.39 is 17.3 Å². The molecule has 1 N–H and O–H groups in total. The maximum absolute atomic E-state index is 13.7. The predicted molar refractivity (Wildman–Crippen MR) is 120 cm³/mol. The molecule has 164 valence electrons. The van der Waals surface area contributed by atoms with Gasteiger partial charge in [0, 0.05) is 22.5 Å². The summed E-state index contributed by atoms with van der Waals surface area (Å²) in [5.74, 6) is 0.102. The van der Waals surface area contributed by atoms with E-state index in [2.05, 4.69) is 4.98 Å². The van der Waals surface area contributed by atoms with Gasteiger partial charge in [0.05, 0.1) is 11.3 Å². The van der Waals surface area contributed by atoms with Crippen LogP contribution < -0.4 is 0 Å². The number of aromatic nitrogens is 2. The lowest BCUT2D eigenvalue weighted by molar-refractivity contribution is -0.137. The van der Waals surface area contributed by atoms with Crippen molar-refractivity contribution in [1.29, 1.82) is 0 Å². The summed E-state index contributed by atoms with van der Waals surface area (Å²) in [7, 11) is 0. The molecule has 1 aromatic heterocycles. The molecule has 7 heteroatoms. The number of alkyl halides is 3. The Morgan fingerprint density at radius 2 is 1.56 bits per heavy atom. The molecule has 0 unspecified atom stereocenters. The van der Waals surface area contributed by atoms with Gasteiger partial charge in [-0.05, 0) is 55.3 Å². The van der Waals surface area contributed by atoms with Gasteiger partial charge in [-0.2, -0.15) is 13.2 Å². The summed E-state index contributed by atoms with van der Waals surface area (Å²) >= 11 is 6.08. The van der Waals surface area contributed by atoms with Crippen LogP contribution >= 0.6 is 11.6 Å². The number of nitrogens with zero attached hydrogens (tertiary/aromatic N) is 2. The largest absolute Gasteiger partial charge is 0.417 e. The second-order valence-corrected chi connectivity index (χ2v) is 8.42. The summed E-state index contributed by atoms with van der Waals surface area (Å²) in [6, 6.07) is 20.0. The fourth-order valence-corrected chi connectivity index (χ4v) is 3.66. The first kappa shape index (κ1) is 22.1. The van der Waals surface area contributed by atoms with Crippen molar-refractivity contribution >= 4 is 11.6 Å². The molecule has 0 atom stereocenters. The zero-order valence-corrected chi connectivity index (χ0v) is 18.1. The summed E-state index contributed by atoms with van der Waals surface area (Å²) in [5, 5.41) is 11.1. The van der Waals surface area contributed by atoms with Crippen LogP contribution in [0.25, 0.3) is 28.2 Å². The summed E-state index contributed by atoms with van der Waals surface area (Å²) in [6.07, 6.45) is -2.98. The molecule has 1 heterocycles. The molecule has 0 saturated heterocycles. The summed E-state index contributed by atoms with van der Waals surface area (Å²) in [5.41, 5.74) is 0.549. The minimum absolute atomic E-state index is 0.0607. The van der Waals surface area contributed by atoms with Crippen molar-refractivity contribution in [3.63, 3.8) is 0 Å². The van der Waals surface area contributed by atoms with Crippen molar-refractivity contribution in [2.24, 2.45) is 0 Å². The van der Waals surface area contributed by atoms with Crippen LogP contribution in [0, 0.1) is 0 Å². The van der Waals surface area contributed by atoms with Crippen LogP contribution in [-0.2, 0) is 11.8 Å². The molecule has 3 aromatic carbocycles. The van der Waals surface area contributed by atoms with Crippen molar-refractivity contribution in [3.05, 3.63) is 95.3 Å². The Labute approximate surface area is 188 Å². The van der Waals surface area contributed by atoms with Gasteiger partial charge in [0.25, 0.3) is 0 Å². The Morgan fingerprint density at radius 3 is 2.19 bits per heavy atom. The lowest BCUT2D eigenvalue weighted by Gasteiger charge is -2.14. The van der Waals surface area contributed by atoms with Gasteiger partial charge in [-0.15, -0.1) is 0 Å². The molecule has 0 aliphatic carbocycles. The molecule has 0 fully saturated rings. The van der Waals surface area contributed by atoms with Crippen LogP contribution in [-0.4, -0.2) is 14.7 Å². The van der Waals surface area contributed by atoms with Crippen LogP contribution in [0.2, 0.25) is 5.02 Å². The molecule has 0 aliphatic heterocycles. The first-order chi connectivity index (χ1) is 15.0. The molecule has 4 aromatic rings. The highest BCUT2D eigenvalue weighted by Gasteiger charge is 2.35. The highest BCUT2D eigenvalue weighted by atomic mass is 35.5. The number of hydrogen-bond acceptors (Lipinski definition) is 2. The molecule has 32 heavy (non-hydrogen) atoms. The van der Waals surface area contributed by atoms with Gasteiger partial charge in [0.2, 0.25) is 0 Å². The van der Waals surface area contributed by atoms with Crippen LogP contribution in [0.3, 0.4) is 0 Å². The topological polar surface area (TPSA) is 38.0 Å². The van der Waals surface area contributed by atoms with Gasteiger partial charge in [0.1, 0.15) is 11.4 Å². The van der Waals surface area contributed by atoms with E-state index in [1.807, 2.05) is 30.3 Å². The standard InChI is InChI=1S/C25H20ClF3N2O/c1-24(2,32)22-15-31(23(30-22)20-8-3-4-9-21(20)25(27,28)29)19-12-10-16(11-13-19)17-6-5-7-18(26)14-17/h3-15,32H,1-2H3. The highest BCUT2D eigenvalue weighted by molar-refractivity contribution is 6.30. The Balaban J connectivity index is 1.86. The lowest BCUT2D eigenvalue weighted by Crippen LogP contribution is -2.15. The minimum Gasteiger partial charge on any atom is -0.384 e. The normalized spacial score (nSPS) is 12.2. The number of rotatable bonds is 4. The fraction of sp³-hybridized carbons (Fsp3) is 0.160. The third-order valence-electron chi connectivity index (χ3n) is 5.11. The number of aliphatic hydroxyl groups is 1. The minimum atomic E-state index is -4.54. The maximum atomic E-state index is 13.7. The van der Waals surface area contributed by atoms with Crippen molar-refractivity contribution in [2.45, 2.75) is 25.6 Å². The monoisotopic (exact) mass is 456 g/mol. The van der Waals surface area contributed by atoms with Gasteiger partial charge in [-0.1, -0.05) is 54.1 Å². The highest BCUT2D eigenvalue weighted by Crippen LogP contribution is 2.38. The quantitative estimate of drug-likeness (QED) is 0.355. The molecule has 0 amide bonds. The Bertz CT molecular complexity index is 1260. The van der Waals surface area contributed by atoms with Gasteiger partial charge in [-0.3, -0.25) is 4.57 Å². The van der Waals surface area contributed by atoms with Gasteiger partial charge in [0.15, 0.2) is 0 Å². The van der Waals surface area contributed by atoms with Crippen LogP contribution in [0.4, 0.5) is 13.2 Å². The fourth-order valence-electron chi connectivity index (χ4n) is 3.47. The van der Waals surface area contributed by atoms with Crippen LogP contribution in [0.1, 0.15) is 25.1 Å². The van der Waals surface area contributed by atoms with E-state index in [9.17, 15) is 18.3 Å². The average Bonchev–Trinajstić information content (AvgIpc) is 3.19. The maximum Gasteiger partial charge on any atom is 0.417 e. The average molecular weight is 457 g/mol. The van der Waals surface area contributed by atoms with E-state index in [0.29, 0.717) is 10.7 Å². The summed E-state index contributed by atoms with van der Waals surface area (Å²) in [4.78, 5) is 4.39. The number of hydrogen-bond donors (Lipinski definition) is 1. The third-order valence-corrected chi connectivity index (χ3v) is 5.34. The summed E-state index contributed by atoms with van der Waals surface area (Å²) < 4.78 is 42.6. The van der Waals surface area contributed by atoms with Crippen molar-refractivity contribution < 1.29 is 18.3 Å². The van der Waals surface area contributed by atoms with Crippen LogP contribution in [0.15, 0.2) is 79.0 Å². The lowest BCUT2D eigenvalue weighted by atomic mass is 10.0. The van der Waals surface area contributed by atoms with Crippen molar-refractivity contribution in [3.8, 4) is 28.2 Å². The third kappa shape index (κ3) is 4.42. The second kappa shape index (κ2) is 8.11. The van der Waals surface area contributed by atoms with E-state index in [1.165, 1.54) is 18.2 Å². The molecule has 0 aliphatic rings. The first-order valence-corrected chi connectivity index (χ1v) is 10.3. The number of halogens is 4. The van der Waals surface area contributed by atoms with Gasteiger partial charge < -0.3 is 5.11 Å². The first-order valence-electron chi connectivity index (χ1n) is 9.89.